The Kier molecular flexibility index (Phi) is 3.67. The molecule has 2 aromatic heterocycles. The number of aromatic amines is 2. The summed E-state index contributed by atoms with van der Waals surface area (Å²) in [5.74, 6) is 0.145. The minimum absolute atomic E-state index is 0.218. The molecule has 0 saturated heterocycles. The number of imidazole rings is 1. The highest BCUT2D eigenvalue weighted by Gasteiger charge is 2.16. The second kappa shape index (κ2) is 5.79. The van der Waals surface area contributed by atoms with Gasteiger partial charge in [-0.15, -0.1) is 0 Å². The van der Waals surface area contributed by atoms with Crippen LogP contribution in [0.5, 0.6) is 5.75 Å². The fourth-order valence-electron chi connectivity index (χ4n) is 2.07. The van der Waals surface area contributed by atoms with E-state index < -0.39 is 12.1 Å². The normalized spacial score (nSPS) is 10.7. The molecule has 0 saturated carbocycles. The van der Waals surface area contributed by atoms with Crippen molar-refractivity contribution in [1.29, 1.82) is 0 Å². The largest absolute Gasteiger partial charge is 0.461 e. The molecule has 3 aromatic rings. The van der Waals surface area contributed by atoms with Gasteiger partial charge < -0.3 is 20.2 Å². The summed E-state index contributed by atoms with van der Waals surface area (Å²) in [4.78, 5) is 29.9. The van der Waals surface area contributed by atoms with Crippen LogP contribution in [0.4, 0.5) is 4.79 Å². The van der Waals surface area contributed by atoms with E-state index in [1.165, 1.54) is 6.07 Å². The van der Waals surface area contributed by atoms with Crippen molar-refractivity contribution >= 4 is 23.1 Å². The Morgan fingerprint density at radius 2 is 2.17 bits per heavy atom. The van der Waals surface area contributed by atoms with Crippen LogP contribution in [-0.4, -0.2) is 38.8 Å². The summed E-state index contributed by atoms with van der Waals surface area (Å²) in [5, 5.41) is 6.61. The topological polar surface area (TPSA) is 136 Å². The lowest BCUT2D eigenvalue weighted by molar-refractivity contribution is 0.0519. The van der Waals surface area contributed by atoms with E-state index in [2.05, 4.69) is 20.2 Å². The van der Waals surface area contributed by atoms with Crippen molar-refractivity contribution in [3.8, 4) is 17.3 Å². The van der Waals surface area contributed by atoms with Gasteiger partial charge in [-0.1, -0.05) is 6.07 Å². The lowest BCUT2D eigenvalue weighted by atomic mass is 10.3. The van der Waals surface area contributed by atoms with E-state index in [-0.39, 0.29) is 18.1 Å². The Labute approximate surface area is 129 Å². The fourth-order valence-corrected chi connectivity index (χ4v) is 2.07. The van der Waals surface area contributed by atoms with Crippen molar-refractivity contribution in [3.63, 3.8) is 0 Å². The van der Waals surface area contributed by atoms with Gasteiger partial charge in [-0.05, 0) is 19.1 Å². The number of nitrogens with zero attached hydrogens (tertiary/aromatic N) is 2. The number of nitrogens with two attached hydrogens (primary N) is 1. The summed E-state index contributed by atoms with van der Waals surface area (Å²) in [7, 11) is 0. The van der Waals surface area contributed by atoms with Crippen LogP contribution >= 0.6 is 0 Å². The predicted molar refractivity (Wildman–Crippen MR) is 79.8 cm³/mol. The van der Waals surface area contributed by atoms with Crippen LogP contribution in [-0.2, 0) is 4.74 Å². The summed E-state index contributed by atoms with van der Waals surface area (Å²) in [5.41, 5.74) is 6.75. The molecule has 0 spiro atoms. The molecule has 0 aliphatic heterocycles. The number of amides is 1. The second-order valence-electron chi connectivity index (χ2n) is 4.55. The molecule has 0 radical (unpaired) electrons. The maximum Gasteiger partial charge on any atom is 0.410 e. The van der Waals surface area contributed by atoms with Crippen LogP contribution in [0.25, 0.3) is 22.6 Å². The third kappa shape index (κ3) is 2.84. The average molecular weight is 315 g/mol. The SMILES string of the molecule is CCOC(=O)c1cc(-c2nc3c(OC(N)=O)cccc3[nH]2)n[nH]1. The van der Waals surface area contributed by atoms with Crippen LogP contribution in [0, 0.1) is 0 Å². The van der Waals surface area contributed by atoms with Crippen LogP contribution in [0.3, 0.4) is 0 Å². The van der Waals surface area contributed by atoms with Gasteiger partial charge in [-0.25, -0.2) is 14.6 Å². The summed E-state index contributed by atoms with van der Waals surface area (Å²) in [6, 6.07) is 6.55. The molecule has 0 fully saturated rings. The summed E-state index contributed by atoms with van der Waals surface area (Å²) < 4.78 is 9.79. The Bertz CT molecular complexity index is 882. The third-order valence-corrected chi connectivity index (χ3v) is 3.00. The number of aromatic nitrogens is 4. The average Bonchev–Trinajstić information content (AvgIpc) is 3.14. The van der Waals surface area contributed by atoms with Gasteiger partial charge in [0, 0.05) is 6.07 Å². The number of carbonyl (C=O) groups is 2. The minimum atomic E-state index is -0.925. The lowest BCUT2D eigenvalue weighted by Crippen LogP contribution is -2.16. The van der Waals surface area contributed by atoms with E-state index in [1.807, 2.05) is 0 Å². The van der Waals surface area contributed by atoms with Crippen molar-refractivity contribution in [2.75, 3.05) is 6.61 Å². The minimum Gasteiger partial charge on any atom is -0.461 e. The second-order valence-corrected chi connectivity index (χ2v) is 4.55. The van der Waals surface area contributed by atoms with Crippen LogP contribution < -0.4 is 10.5 Å². The zero-order valence-corrected chi connectivity index (χ0v) is 12.1. The van der Waals surface area contributed by atoms with Crippen molar-refractivity contribution in [3.05, 3.63) is 30.0 Å². The van der Waals surface area contributed by atoms with Crippen molar-refractivity contribution in [2.24, 2.45) is 5.73 Å². The van der Waals surface area contributed by atoms with Gasteiger partial charge in [0.15, 0.2) is 11.6 Å². The molecule has 23 heavy (non-hydrogen) atoms. The molecule has 0 unspecified atom stereocenters. The first-order chi connectivity index (χ1) is 11.1. The molecule has 1 aromatic carbocycles. The fraction of sp³-hybridized carbons (Fsp3) is 0.143. The first-order valence-corrected chi connectivity index (χ1v) is 6.77. The number of hydrogen-bond acceptors (Lipinski definition) is 6. The number of ether oxygens (including phenoxy) is 2. The quantitative estimate of drug-likeness (QED) is 0.625. The number of primary amides is 1. The monoisotopic (exact) mass is 315 g/mol. The number of rotatable bonds is 4. The maximum absolute atomic E-state index is 11.6. The number of hydrogen-bond donors (Lipinski definition) is 3. The Morgan fingerprint density at radius 3 is 2.91 bits per heavy atom. The molecular formula is C14H13N5O4. The van der Waals surface area contributed by atoms with Crippen molar-refractivity contribution < 1.29 is 19.1 Å². The summed E-state index contributed by atoms with van der Waals surface area (Å²) in [6.45, 7) is 1.99. The van der Waals surface area contributed by atoms with Crippen molar-refractivity contribution in [2.45, 2.75) is 6.92 Å². The number of carbonyl (C=O) groups excluding carboxylic acids is 2. The van der Waals surface area contributed by atoms with Gasteiger partial charge in [-0.2, -0.15) is 5.10 Å². The van der Waals surface area contributed by atoms with E-state index in [1.54, 1.807) is 25.1 Å². The highest BCUT2D eigenvalue weighted by Crippen LogP contribution is 2.26. The summed E-state index contributed by atoms with van der Waals surface area (Å²) >= 11 is 0. The molecule has 9 heteroatoms. The predicted octanol–water partition coefficient (Wildman–Crippen LogP) is 1.59. The standard InChI is InChI=1S/C14H13N5O4/c1-2-22-13(20)9-6-8(18-19-9)12-16-7-4-3-5-10(11(7)17-12)23-14(15)21/h3-6H,2H2,1H3,(H2,15,21)(H,16,17)(H,18,19). The number of para-hydroxylation sites is 1. The Hall–Kier alpha value is -3.36. The molecular weight excluding hydrogens is 302 g/mol. The first-order valence-electron chi connectivity index (χ1n) is 6.77. The van der Waals surface area contributed by atoms with Crippen LogP contribution in [0.15, 0.2) is 24.3 Å². The summed E-state index contributed by atoms with van der Waals surface area (Å²) in [6.07, 6.45) is -0.925. The van der Waals surface area contributed by atoms with Gasteiger partial charge >= 0.3 is 12.1 Å². The molecule has 0 bridgehead atoms. The molecule has 0 aliphatic carbocycles. The smallest absolute Gasteiger partial charge is 0.410 e. The van der Waals surface area contributed by atoms with E-state index in [9.17, 15) is 9.59 Å². The van der Waals surface area contributed by atoms with Crippen LogP contribution in [0.2, 0.25) is 0 Å². The van der Waals surface area contributed by atoms with E-state index in [0.717, 1.165) is 0 Å². The highest BCUT2D eigenvalue weighted by molar-refractivity contribution is 5.89. The van der Waals surface area contributed by atoms with Crippen LogP contribution in [0.1, 0.15) is 17.4 Å². The van der Waals surface area contributed by atoms with E-state index in [4.69, 9.17) is 15.2 Å². The molecule has 4 N–H and O–H groups in total. The van der Waals surface area contributed by atoms with Gasteiger partial charge in [0.1, 0.15) is 16.9 Å². The third-order valence-electron chi connectivity index (χ3n) is 3.00. The van der Waals surface area contributed by atoms with E-state index in [0.29, 0.717) is 22.6 Å². The number of esters is 1. The molecule has 9 nitrogen and oxygen atoms in total. The van der Waals surface area contributed by atoms with Crippen molar-refractivity contribution in [1.82, 2.24) is 20.2 Å². The molecule has 0 atom stereocenters. The number of benzene rings is 1. The molecule has 0 aliphatic rings. The molecule has 2 heterocycles. The molecule has 118 valence electrons. The zero-order chi connectivity index (χ0) is 16.4. The molecule has 1 amide bonds. The zero-order valence-electron chi connectivity index (χ0n) is 12.1. The number of H-pyrrole nitrogens is 2. The highest BCUT2D eigenvalue weighted by atomic mass is 16.5. The van der Waals surface area contributed by atoms with Gasteiger partial charge in [0.05, 0.1) is 12.1 Å². The van der Waals surface area contributed by atoms with Gasteiger partial charge in [0.2, 0.25) is 0 Å². The number of nitrogens with one attached hydrogen (secondary N) is 2. The van der Waals surface area contributed by atoms with E-state index >= 15 is 0 Å². The Morgan fingerprint density at radius 1 is 1.35 bits per heavy atom. The first kappa shape index (κ1) is 14.6. The lowest BCUT2D eigenvalue weighted by Gasteiger charge is -1.99. The van der Waals surface area contributed by atoms with Gasteiger partial charge in [0.25, 0.3) is 0 Å². The Balaban J connectivity index is 1.98. The van der Waals surface area contributed by atoms with Gasteiger partial charge in [-0.3, -0.25) is 5.10 Å². The molecule has 3 rings (SSSR count). The maximum atomic E-state index is 11.6. The number of fused-ring (bicyclic) bond motifs is 1.